The summed E-state index contributed by atoms with van der Waals surface area (Å²) >= 11 is 1.63. The fourth-order valence-corrected chi connectivity index (χ4v) is 3.44. The summed E-state index contributed by atoms with van der Waals surface area (Å²) in [4.78, 5) is 10.4. The van der Waals surface area contributed by atoms with Crippen LogP contribution in [-0.4, -0.2) is 20.2 Å². The van der Waals surface area contributed by atoms with E-state index in [4.69, 9.17) is 10.7 Å². The van der Waals surface area contributed by atoms with Gasteiger partial charge in [-0.1, -0.05) is 17.8 Å². The monoisotopic (exact) mass is 347 g/mol. The lowest BCUT2D eigenvalue weighted by atomic mass is 10.1. The summed E-state index contributed by atoms with van der Waals surface area (Å²) in [5.74, 6) is 0.811. The van der Waals surface area contributed by atoms with Crippen LogP contribution in [-0.2, 0) is 6.42 Å². The van der Waals surface area contributed by atoms with Gasteiger partial charge < -0.3 is 5.73 Å². The van der Waals surface area contributed by atoms with Crippen LogP contribution in [0.25, 0.3) is 10.9 Å². The first kappa shape index (κ1) is 15.7. The highest BCUT2D eigenvalue weighted by atomic mass is 32.2. The van der Waals surface area contributed by atoms with Gasteiger partial charge in [0, 0.05) is 28.6 Å². The van der Waals surface area contributed by atoms with Crippen molar-refractivity contribution in [2.24, 2.45) is 0 Å². The third-order valence-electron chi connectivity index (χ3n) is 3.94. The topological polar surface area (TPSA) is 80.5 Å². The van der Waals surface area contributed by atoms with Crippen LogP contribution < -0.4 is 5.73 Å². The SMILES string of the molecule is Cc1cnc(Cc2ccc3[nH]ncc3c2)nc1Sc1ccc(N)cc1. The molecule has 2 aromatic carbocycles. The van der Waals surface area contributed by atoms with Crippen LogP contribution in [0.3, 0.4) is 0 Å². The van der Waals surface area contributed by atoms with E-state index in [1.54, 1.807) is 11.8 Å². The van der Waals surface area contributed by atoms with Crippen molar-refractivity contribution in [3.63, 3.8) is 0 Å². The van der Waals surface area contributed by atoms with Gasteiger partial charge in [0.15, 0.2) is 0 Å². The number of anilines is 1. The molecule has 3 N–H and O–H groups in total. The molecule has 25 heavy (non-hydrogen) atoms. The first-order valence-corrected chi connectivity index (χ1v) is 8.77. The Bertz CT molecular complexity index is 1020. The second-order valence-electron chi connectivity index (χ2n) is 5.91. The van der Waals surface area contributed by atoms with Crippen molar-refractivity contribution in [2.75, 3.05) is 5.73 Å². The molecular formula is C19H17N5S. The smallest absolute Gasteiger partial charge is 0.133 e. The molecule has 0 radical (unpaired) electrons. The molecular weight excluding hydrogens is 330 g/mol. The second-order valence-corrected chi connectivity index (χ2v) is 6.98. The number of aromatic amines is 1. The number of nitrogen functional groups attached to an aromatic ring is 1. The number of nitrogens with zero attached hydrogens (tertiary/aromatic N) is 3. The fourth-order valence-electron chi connectivity index (χ4n) is 2.58. The number of aryl methyl sites for hydroxylation is 1. The van der Waals surface area contributed by atoms with Gasteiger partial charge >= 0.3 is 0 Å². The van der Waals surface area contributed by atoms with E-state index < -0.39 is 0 Å². The van der Waals surface area contributed by atoms with Gasteiger partial charge in [0.05, 0.1) is 11.7 Å². The predicted molar refractivity (Wildman–Crippen MR) is 101 cm³/mol. The summed E-state index contributed by atoms with van der Waals surface area (Å²) < 4.78 is 0. The highest BCUT2D eigenvalue weighted by Gasteiger charge is 2.08. The maximum atomic E-state index is 5.75. The van der Waals surface area contributed by atoms with E-state index in [0.717, 1.165) is 37.9 Å². The van der Waals surface area contributed by atoms with Gasteiger partial charge in [-0.25, -0.2) is 9.97 Å². The predicted octanol–water partition coefficient (Wildman–Crippen LogP) is 3.99. The van der Waals surface area contributed by atoms with Crippen molar-refractivity contribution >= 4 is 28.4 Å². The molecule has 4 aromatic rings. The van der Waals surface area contributed by atoms with E-state index in [1.165, 1.54) is 5.56 Å². The number of hydrogen-bond acceptors (Lipinski definition) is 5. The van der Waals surface area contributed by atoms with E-state index in [2.05, 4.69) is 27.3 Å². The van der Waals surface area contributed by atoms with E-state index >= 15 is 0 Å². The molecule has 124 valence electrons. The number of H-pyrrole nitrogens is 1. The zero-order valence-corrected chi connectivity index (χ0v) is 14.5. The number of rotatable bonds is 4. The van der Waals surface area contributed by atoms with Crippen molar-refractivity contribution < 1.29 is 0 Å². The molecule has 0 amide bonds. The Labute approximate surface area is 149 Å². The van der Waals surface area contributed by atoms with Crippen molar-refractivity contribution in [1.82, 2.24) is 20.2 Å². The fraction of sp³-hybridized carbons (Fsp3) is 0.105. The van der Waals surface area contributed by atoms with Crippen LogP contribution in [0.15, 0.2) is 64.8 Å². The Morgan fingerprint density at radius 2 is 1.92 bits per heavy atom. The largest absolute Gasteiger partial charge is 0.399 e. The number of benzene rings is 2. The molecule has 5 nitrogen and oxygen atoms in total. The highest BCUT2D eigenvalue weighted by Crippen LogP contribution is 2.29. The van der Waals surface area contributed by atoms with Crippen LogP contribution in [0.1, 0.15) is 17.0 Å². The van der Waals surface area contributed by atoms with Gasteiger partial charge in [0.25, 0.3) is 0 Å². The van der Waals surface area contributed by atoms with E-state index in [9.17, 15) is 0 Å². The van der Waals surface area contributed by atoms with Gasteiger partial charge in [-0.05, 0) is 54.4 Å². The van der Waals surface area contributed by atoms with Crippen LogP contribution in [0.2, 0.25) is 0 Å². The maximum Gasteiger partial charge on any atom is 0.133 e. The van der Waals surface area contributed by atoms with Crippen LogP contribution in [0.4, 0.5) is 5.69 Å². The summed E-state index contributed by atoms with van der Waals surface area (Å²) in [6.45, 7) is 2.03. The average molecular weight is 347 g/mol. The zero-order chi connectivity index (χ0) is 17.2. The first-order chi connectivity index (χ1) is 12.2. The lowest BCUT2D eigenvalue weighted by Gasteiger charge is -2.07. The Balaban J connectivity index is 1.58. The van der Waals surface area contributed by atoms with Crippen molar-refractivity contribution in [1.29, 1.82) is 0 Å². The summed E-state index contributed by atoms with van der Waals surface area (Å²) in [5, 5.41) is 9.09. The van der Waals surface area contributed by atoms with Crippen LogP contribution >= 0.6 is 11.8 Å². The number of fused-ring (bicyclic) bond motifs is 1. The Morgan fingerprint density at radius 1 is 1.08 bits per heavy atom. The molecule has 6 heteroatoms. The summed E-state index contributed by atoms with van der Waals surface area (Å²) in [5.41, 5.74) is 9.78. The molecule has 0 fully saturated rings. The third kappa shape index (κ3) is 3.49. The van der Waals surface area contributed by atoms with Crippen molar-refractivity contribution in [2.45, 2.75) is 23.3 Å². The van der Waals surface area contributed by atoms with E-state index in [0.29, 0.717) is 6.42 Å². The molecule has 0 aliphatic carbocycles. The quantitative estimate of drug-likeness (QED) is 0.431. The lowest BCUT2D eigenvalue weighted by Crippen LogP contribution is -1.99. The van der Waals surface area contributed by atoms with Gasteiger partial charge in [-0.15, -0.1) is 0 Å². The van der Waals surface area contributed by atoms with Gasteiger partial charge in [-0.3, -0.25) is 5.10 Å². The molecule has 0 saturated heterocycles. The third-order valence-corrected chi connectivity index (χ3v) is 5.05. The Kier molecular flexibility index (Phi) is 4.11. The minimum absolute atomic E-state index is 0.691. The minimum atomic E-state index is 0.691. The van der Waals surface area contributed by atoms with Gasteiger partial charge in [0.2, 0.25) is 0 Å². The van der Waals surface area contributed by atoms with Crippen LogP contribution in [0.5, 0.6) is 0 Å². The molecule has 0 bridgehead atoms. The lowest BCUT2D eigenvalue weighted by molar-refractivity contribution is 0.890. The number of nitrogens with one attached hydrogen (secondary N) is 1. The second kappa shape index (κ2) is 6.57. The summed E-state index contributed by atoms with van der Waals surface area (Å²) in [6.07, 6.45) is 4.41. The van der Waals surface area contributed by atoms with E-state index in [1.807, 2.05) is 49.6 Å². The normalized spacial score (nSPS) is 11.1. The molecule has 0 aliphatic rings. The molecule has 0 saturated carbocycles. The molecule has 4 rings (SSSR count). The van der Waals surface area contributed by atoms with Crippen molar-refractivity contribution in [3.8, 4) is 0 Å². The number of nitrogens with two attached hydrogens (primary N) is 1. The Hall–Kier alpha value is -2.86. The average Bonchev–Trinajstić information content (AvgIpc) is 3.07. The standard InChI is InChI=1S/C19H17N5S/c1-12-10-21-18(9-13-2-7-17-14(8-13)11-22-24-17)23-19(12)25-16-5-3-15(20)4-6-16/h2-8,10-11H,9,20H2,1H3,(H,22,24). The Morgan fingerprint density at radius 3 is 2.76 bits per heavy atom. The molecule has 0 unspecified atom stereocenters. The molecule has 2 aromatic heterocycles. The van der Waals surface area contributed by atoms with Gasteiger partial charge in [0.1, 0.15) is 10.9 Å². The zero-order valence-electron chi connectivity index (χ0n) is 13.7. The minimum Gasteiger partial charge on any atom is -0.399 e. The molecule has 0 atom stereocenters. The highest BCUT2D eigenvalue weighted by molar-refractivity contribution is 7.99. The first-order valence-electron chi connectivity index (χ1n) is 7.95. The number of aromatic nitrogens is 4. The molecule has 0 aliphatic heterocycles. The van der Waals surface area contributed by atoms with Gasteiger partial charge in [-0.2, -0.15) is 5.10 Å². The molecule has 0 spiro atoms. The maximum absolute atomic E-state index is 5.75. The van der Waals surface area contributed by atoms with E-state index in [-0.39, 0.29) is 0 Å². The molecule has 2 heterocycles. The summed E-state index contributed by atoms with van der Waals surface area (Å²) in [7, 11) is 0. The van der Waals surface area contributed by atoms with Crippen LogP contribution in [0, 0.1) is 6.92 Å². The van der Waals surface area contributed by atoms with Crippen molar-refractivity contribution in [3.05, 3.63) is 71.8 Å². The summed E-state index contributed by atoms with van der Waals surface area (Å²) in [6, 6.07) is 14.1. The number of hydrogen-bond donors (Lipinski definition) is 2.